The number of anilines is 1. The average Bonchev–Trinajstić information content (AvgIpc) is 3.19. The van der Waals surface area contributed by atoms with E-state index in [0.717, 1.165) is 37.5 Å². The lowest BCUT2D eigenvalue weighted by Gasteiger charge is -2.32. The molecule has 2 aliphatic rings. The van der Waals surface area contributed by atoms with Crippen molar-refractivity contribution in [2.24, 2.45) is 0 Å². The van der Waals surface area contributed by atoms with Crippen LogP contribution in [0.3, 0.4) is 0 Å². The Balaban J connectivity index is 1.32. The van der Waals surface area contributed by atoms with E-state index >= 15 is 0 Å². The first-order valence-corrected chi connectivity index (χ1v) is 8.78. The number of nitrogens with one attached hydrogen (secondary N) is 2. The molecule has 128 valence electrons. The van der Waals surface area contributed by atoms with Crippen LogP contribution < -0.4 is 10.2 Å². The van der Waals surface area contributed by atoms with Crippen molar-refractivity contribution in [3.05, 3.63) is 34.9 Å². The largest absolute Gasteiger partial charge is 0.466 e. The van der Waals surface area contributed by atoms with E-state index in [9.17, 15) is 4.79 Å². The summed E-state index contributed by atoms with van der Waals surface area (Å²) in [6.07, 6.45) is 4.44. The predicted octanol–water partition coefficient (Wildman–Crippen LogP) is 2.90. The SMILES string of the molecule is Cc1cc(C(=O)NC2CCN(c3cc(C4CC4)[nH]n3)CC2)c(C)o1. The topological polar surface area (TPSA) is 74.2 Å². The first kappa shape index (κ1) is 15.3. The molecule has 3 heterocycles. The van der Waals surface area contributed by atoms with Gasteiger partial charge in [-0.3, -0.25) is 9.89 Å². The summed E-state index contributed by atoms with van der Waals surface area (Å²) < 4.78 is 5.45. The number of piperidine rings is 1. The van der Waals surface area contributed by atoms with Crippen LogP contribution in [0.4, 0.5) is 5.82 Å². The number of nitrogens with zero attached hydrogens (tertiary/aromatic N) is 2. The standard InChI is InChI=1S/C18H24N4O2/c1-11-9-15(12(2)24-11)18(23)19-14-5-7-22(8-6-14)17-10-16(20-21-17)13-3-4-13/h9-10,13-14H,3-8H2,1-2H3,(H,19,23)(H,20,21). The van der Waals surface area contributed by atoms with Crippen LogP contribution in [0.1, 0.15) is 59.2 Å². The number of carbonyl (C=O) groups excluding carboxylic acids is 1. The Morgan fingerprint density at radius 2 is 2.00 bits per heavy atom. The molecule has 0 aromatic carbocycles. The molecular weight excluding hydrogens is 304 g/mol. The fourth-order valence-corrected chi connectivity index (χ4v) is 3.46. The summed E-state index contributed by atoms with van der Waals surface area (Å²) >= 11 is 0. The van der Waals surface area contributed by atoms with E-state index in [1.807, 2.05) is 19.9 Å². The summed E-state index contributed by atoms with van der Waals surface area (Å²) in [5.74, 6) is 3.18. The van der Waals surface area contributed by atoms with E-state index in [0.29, 0.717) is 17.2 Å². The number of carbonyl (C=O) groups is 1. The van der Waals surface area contributed by atoms with Gasteiger partial charge in [0, 0.05) is 36.8 Å². The first-order valence-electron chi connectivity index (χ1n) is 8.78. The summed E-state index contributed by atoms with van der Waals surface area (Å²) in [5.41, 5.74) is 1.92. The van der Waals surface area contributed by atoms with Crippen molar-refractivity contribution in [1.82, 2.24) is 15.5 Å². The number of hydrogen-bond acceptors (Lipinski definition) is 4. The maximum absolute atomic E-state index is 12.4. The Labute approximate surface area is 141 Å². The van der Waals surface area contributed by atoms with Crippen LogP contribution >= 0.6 is 0 Å². The van der Waals surface area contributed by atoms with Crippen molar-refractivity contribution in [2.45, 2.75) is 51.5 Å². The van der Waals surface area contributed by atoms with Crippen LogP contribution in [0, 0.1) is 13.8 Å². The van der Waals surface area contributed by atoms with Gasteiger partial charge in [0.05, 0.1) is 5.56 Å². The monoisotopic (exact) mass is 328 g/mol. The Bertz CT molecular complexity index is 736. The van der Waals surface area contributed by atoms with Crippen molar-refractivity contribution < 1.29 is 9.21 Å². The molecule has 1 amide bonds. The van der Waals surface area contributed by atoms with Crippen molar-refractivity contribution in [1.29, 1.82) is 0 Å². The van der Waals surface area contributed by atoms with E-state index < -0.39 is 0 Å². The molecule has 0 spiro atoms. The minimum atomic E-state index is -0.0291. The molecule has 1 aliphatic heterocycles. The van der Waals surface area contributed by atoms with Crippen molar-refractivity contribution in [3.8, 4) is 0 Å². The van der Waals surface area contributed by atoms with E-state index in [-0.39, 0.29) is 11.9 Å². The van der Waals surface area contributed by atoms with Crippen molar-refractivity contribution in [3.63, 3.8) is 0 Å². The van der Waals surface area contributed by atoms with E-state index in [1.165, 1.54) is 18.5 Å². The molecule has 1 saturated carbocycles. The van der Waals surface area contributed by atoms with Gasteiger partial charge in [0.2, 0.25) is 0 Å². The van der Waals surface area contributed by atoms with Crippen LogP contribution in [0.15, 0.2) is 16.5 Å². The van der Waals surface area contributed by atoms with Crippen LogP contribution in [0.25, 0.3) is 0 Å². The lowest BCUT2D eigenvalue weighted by Crippen LogP contribution is -2.44. The number of amides is 1. The second kappa shape index (κ2) is 6.00. The molecule has 1 aliphatic carbocycles. The number of H-pyrrole nitrogens is 1. The third kappa shape index (κ3) is 3.05. The van der Waals surface area contributed by atoms with Gasteiger partial charge in [-0.15, -0.1) is 0 Å². The number of rotatable bonds is 4. The molecule has 2 N–H and O–H groups in total. The molecule has 0 bridgehead atoms. The minimum absolute atomic E-state index is 0.0291. The number of aromatic amines is 1. The highest BCUT2D eigenvalue weighted by Gasteiger charge is 2.28. The van der Waals surface area contributed by atoms with Gasteiger partial charge in [0.15, 0.2) is 5.82 Å². The third-order valence-electron chi connectivity index (χ3n) is 5.04. The Morgan fingerprint density at radius 1 is 1.25 bits per heavy atom. The van der Waals surface area contributed by atoms with Gasteiger partial charge in [-0.25, -0.2) is 0 Å². The fourth-order valence-electron chi connectivity index (χ4n) is 3.46. The normalized spacial score (nSPS) is 18.8. The highest BCUT2D eigenvalue weighted by Crippen LogP contribution is 2.40. The zero-order valence-corrected chi connectivity index (χ0v) is 14.3. The maximum atomic E-state index is 12.4. The van der Waals surface area contributed by atoms with Crippen molar-refractivity contribution >= 4 is 11.7 Å². The molecule has 0 radical (unpaired) electrons. The lowest BCUT2D eigenvalue weighted by atomic mass is 10.0. The second-order valence-corrected chi connectivity index (χ2v) is 7.02. The van der Waals surface area contributed by atoms with Gasteiger partial charge in [-0.2, -0.15) is 5.10 Å². The number of furan rings is 1. The highest BCUT2D eigenvalue weighted by atomic mass is 16.3. The summed E-state index contributed by atoms with van der Waals surface area (Å²) in [5, 5.41) is 10.8. The molecular formula is C18H24N4O2. The molecule has 24 heavy (non-hydrogen) atoms. The third-order valence-corrected chi connectivity index (χ3v) is 5.04. The second-order valence-electron chi connectivity index (χ2n) is 7.02. The Morgan fingerprint density at radius 3 is 2.62 bits per heavy atom. The Kier molecular flexibility index (Phi) is 3.82. The molecule has 2 aromatic rings. The molecule has 1 saturated heterocycles. The molecule has 6 heteroatoms. The van der Waals surface area contributed by atoms with Gasteiger partial charge >= 0.3 is 0 Å². The zero-order chi connectivity index (χ0) is 16.7. The first-order chi connectivity index (χ1) is 11.6. The van der Waals surface area contributed by atoms with Crippen LogP contribution in [0.5, 0.6) is 0 Å². The van der Waals surface area contributed by atoms with Crippen LogP contribution in [-0.2, 0) is 0 Å². The Hall–Kier alpha value is -2.24. The van der Waals surface area contributed by atoms with E-state index in [4.69, 9.17) is 4.42 Å². The van der Waals surface area contributed by atoms with Gasteiger partial charge in [0.1, 0.15) is 11.5 Å². The van der Waals surface area contributed by atoms with Crippen LogP contribution in [0.2, 0.25) is 0 Å². The number of aromatic nitrogens is 2. The lowest BCUT2D eigenvalue weighted by molar-refractivity contribution is 0.0929. The quantitative estimate of drug-likeness (QED) is 0.905. The average molecular weight is 328 g/mol. The van der Waals surface area contributed by atoms with Crippen LogP contribution in [-0.4, -0.2) is 35.2 Å². The molecule has 0 unspecified atom stereocenters. The zero-order valence-electron chi connectivity index (χ0n) is 14.3. The molecule has 2 aromatic heterocycles. The minimum Gasteiger partial charge on any atom is -0.466 e. The molecule has 6 nitrogen and oxygen atoms in total. The summed E-state index contributed by atoms with van der Waals surface area (Å²) in [6, 6.07) is 4.21. The van der Waals surface area contributed by atoms with Gasteiger partial charge in [-0.05, 0) is 45.6 Å². The molecule has 0 atom stereocenters. The maximum Gasteiger partial charge on any atom is 0.255 e. The van der Waals surface area contributed by atoms with Gasteiger partial charge in [-0.1, -0.05) is 0 Å². The van der Waals surface area contributed by atoms with E-state index in [1.54, 1.807) is 0 Å². The van der Waals surface area contributed by atoms with E-state index in [2.05, 4.69) is 26.5 Å². The smallest absolute Gasteiger partial charge is 0.255 e. The summed E-state index contributed by atoms with van der Waals surface area (Å²) in [7, 11) is 0. The fraction of sp³-hybridized carbons (Fsp3) is 0.556. The van der Waals surface area contributed by atoms with Gasteiger partial charge < -0.3 is 14.6 Å². The molecule has 2 fully saturated rings. The molecule has 4 rings (SSSR count). The number of hydrogen-bond donors (Lipinski definition) is 2. The number of aryl methyl sites for hydroxylation is 2. The summed E-state index contributed by atoms with van der Waals surface area (Å²) in [6.45, 7) is 5.54. The van der Waals surface area contributed by atoms with Crippen molar-refractivity contribution in [2.75, 3.05) is 18.0 Å². The predicted molar refractivity (Wildman–Crippen MR) is 91.4 cm³/mol. The highest BCUT2D eigenvalue weighted by molar-refractivity contribution is 5.95. The summed E-state index contributed by atoms with van der Waals surface area (Å²) in [4.78, 5) is 14.7. The van der Waals surface area contributed by atoms with Gasteiger partial charge in [0.25, 0.3) is 5.91 Å².